The molecule has 2 unspecified atom stereocenters. The Labute approximate surface area is 90.3 Å². The highest BCUT2D eigenvalue weighted by atomic mass is 35.5. The zero-order chi connectivity index (χ0) is 9.10. The van der Waals surface area contributed by atoms with Gasteiger partial charge in [0.25, 0.3) is 0 Å². The Morgan fingerprint density at radius 3 is 2.93 bits per heavy atom. The number of hydrogen-bond acceptors (Lipinski definition) is 3. The molecule has 0 radical (unpaired) electrons. The van der Waals surface area contributed by atoms with Crippen LogP contribution in [0, 0.1) is 5.92 Å². The number of hydrogen-bond donors (Lipinski definition) is 1. The molecule has 1 fully saturated rings. The minimum absolute atomic E-state index is 0. The van der Waals surface area contributed by atoms with E-state index in [4.69, 9.17) is 4.74 Å². The SMILES string of the molecule is CC1CNC(c2ccccn2)OC1.Cl. The first-order valence-electron chi connectivity index (χ1n) is 4.62. The zero-order valence-electron chi connectivity index (χ0n) is 8.14. The van der Waals surface area contributed by atoms with Crippen molar-refractivity contribution >= 4 is 12.4 Å². The highest BCUT2D eigenvalue weighted by Crippen LogP contribution is 2.16. The Kier molecular flexibility index (Phi) is 4.32. The summed E-state index contributed by atoms with van der Waals surface area (Å²) < 4.78 is 5.60. The van der Waals surface area contributed by atoms with Crippen LogP contribution in [0.15, 0.2) is 24.4 Å². The maximum absolute atomic E-state index is 5.60. The molecule has 2 rings (SSSR count). The van der Waals surface area contributed by atoms with Crippen molar-refractivity contribution in [3.05, 3.63) is 30.1 Å². The van der Waals surface area contributed by atoms with Gasteiger partial charge in [0.15, 0.2) is 6.23 Å². The van der Waals surface area contributed by atoms with E-state index >= 15 is 0 Å². The molecule has 1 N–H and O–H groups in total. The second-order valence-electron chi connectivity index (χ2n) is 3.48. The summed E-state index contributed by atoms with van der Waals surface area (Å²) in [5, 5.41) is 3.30. The molecule has 1 saturated heterocycles. The summed E-state index contributed by atoms with van der Waals surface area (Å²) in [6.45, 7) is 3.98. The van der Waals surface area contributed by atoms with Gasteiger partial charge in [-0.15, -0.1) is 12.4 Å². The van der Waals surface area contributed by atoms with E-state index in [2.05, 4.69) is 17.2 Å². The lowest BCUT2D eigenvalue weighted by Gasteiger charge is -2.27. The molecule has 1 aromatic heterocycles. The van der Waals surface area contributed by atoms with Gasteiger partial charge < -0.3 is 4.74 Å². The van der Waals surface area contributed by atoms with Gasteiger partial charge in [0.2, 0.25) is 0 Å². The summed E-state index contributed by atoms with van der Waals surface area (Å²) in [6, 6.07) is 5.87. The molecule has 0 saturated carbocycles. The van der Waals surface area contributed by atoms with Gasteiger partial charge in [0.05, 0.1) is 12.3 Å². The largest absolute Gasteiger partial charge is 0.357 e. The highest BCUT2D eigenvalue weighted by molar-refractivity contribution is 5.85. The third-order valence-electron chi connectivity index (χ3n) is 2.16. The molecule has 1 aromatic rings. The molecule has 0 aromatic carbocycles. The number of aromatic nitrogens is 1. The molecule has 14 heavy (non-hydrogen) atoms. The van der Waals surface area contributed by atoms with E-state index in [0.29, 0.717) is 5.92 Å². The average molecular weight is 215 g/mol. The van der Waals surface area contributed by atoms with Crippen molar-refractivity contribution in [1.82, 2.24) is 10.3 Å². The molecule has 2 atom stereocenters. The topological polar surface area (TPSA) is 34.2 Å². The number of halogens is 1. The van der Waals surface area contributed by atoms with Crippen molar-refractivity contribution in [3.8, 4) is 0 Å². The van der Waals surface area contributed by atoms with E-state index in [0.717, 1.165) is 18.8 Å². The van der Waals surface area contributed by atoms with E-state index in [1.54, 1.807) is 6.20 Å². The maximum Gasteiger partial charge on any atom is 0.151 e. The molecule has 0 amide bonds. The number of nitrogens with zero attached hydrogens (tertiary/aromatic N) is 1. The summed E-state index contributed by atoms with van der Waals surface area (Å²) in [6.07, 6.45) is 1.77. The summed E-state index contributed by atoms with van der Waals surface area (Å²) in [5.41, 5.74) is 0.967. The standard InChI is InChI=1S/C10H14N2O.ClH/c1-8-6-12-10(13-7-8)9-4-2-3-5-11-9;/h2-5,8,10,12H,6-7H2,1H3;1H. The van der Waals surface area contributed by atoms with Crippen LogP contribution in [-0.4, -0.2) is 18.1 Å². The summed E-state index contributed by atoms with van der Waals surface area (Å²) in [5.74, 6) is 0.597. The van der Waals surface area contributed by atoms with Gasteiger partial charge in [0, 0.05) is 12.7 Å². The van der Waals surface area contributed by atoms with Crippen LogP contribution in [0.3, 0.4) is 0 Å². The van der Waals surface area contributed by atoms with Crippen LogP contribution >= 0.6 is 12.4 Å². The van der Waals surface area contributed by atoms with Gasteiger partial charge >= 0.3 is 0 Å². The van der Waals surface area contributed by atoms with Crippen molar-refractivity contribution in [2.24, 2.45) is 5.92 Å². The molecule has 2 heterocycles. The molecule has 78 valence electrons. The predicted octanol–water partition coefficient (Wildman–Crippen LogP) is 1.76. The van der Waals surface area contributed by atoms with E-state index in [1.807, 2.05) is 18.2 Å². The molecule has 1 aliphatic rings. The van der Waals surface area contributed by atoms with Gasteiger partial charge in [0.1, 0.15) is 0 Å². The summed E-state index contributed by atoms with van der Waals surface area (Å²) >= 11 is 0. The Morgan fingerprint density at radius 2 is 2.36 bits per heavy atom. The third-order valence-corrected chi connectivity index (χ3v) is 2.16. The molecule has 0 bridgehead atoms. The first-order valence-corrected chi connectivity index (χ1v) is 4.62. The van der Waals surface area contributed by atoms with Crippen LogP contribution in [0.25, 0.3) is 0 Å². The Morgan fingerprint density at radius 1 is 1.50 bits per heavy atom. The fraction of sp³-hybridized carbons (Fsp3) is 0.500. The molecule has 1 aliphatic heterocycles. The second-order valence-corrected chi connectivity index (χ2v) is 3.48. The van der Waals surface area contributed by atoms with Gasteiger partial charge in [-0.05, 0) is 18.1 Å². The van der Waals surface area contributed by atoms with Crippen molar-refractivity contribution in [3.63, 3.8) is 0 Å². The maximum atomic E-state index is 5.60. The minimum Gasteiger partial charge on any atom is -0.357 e. The fourth-order valence-corrected chi connectivity index (χ4v) is 1.41. The van der Waals surface area contributed by atoms with E-state index in [1.165, 1.54) is 0 Å². The first-order chi connectivity index (χ1) is 6.36. The average Bonchev–Trinajstić information content (AvgIpc) is 2.20. The van der Waals surface area contributed by atoms with Crippen molar-refractivity contribution < 1.29 is 4.74 Å². The van der Waals surface area contributed by atoms with Crippen molar-refractivity contribution in [2.75, 3.05) is 13.2 Å². The lowest BCUT2D eigenvalue weighted by Crippen LogP contribution is -2.36. The van der Waals surface area contributed by atoms with Gasteiger partial charge in [-0.1, -0.05) is 13.0 Å². The Bertz CT molecular complexity index is 260. The van der Waals surface area contributed by atoms with Gasteiger partial charge in [-0.3, -0.25) is 10.3 Å². The summed E-state index contributed by atoms with van der Waals surface area (Å²) in [4.78, 5) is 4.24. The molecule has 4 heteroatoms. The summed E-state index contributed by atoms with van der Waals surface area (Å²) in [7, 11) is 0. The second kappa shape index (κ2) is 5.29. The number of rotatable bonds is 1. The Hall–Kier alpha value is -0.640. The first kappa shape index (κ1) is 11.4. The van der Waals surface area contributed by atoms with E-state index in [-0.39, 0.29) is 18.6 Å². The number of ether oxygens (including phenoxy) is 1. The molecular formula is C10H15ClN2O. The van der Waals surface area contributed by atoms with Crippen LogP contribution in [-0.2, 0) is 4.74 Å². The lowest BCUT2D eigenvalue weighted by molar-refractivity contribution is -0.0277. The van der Waals surface area contributed by atoms with Crippen molar-refractivity contribution in [1.29, 1.82) is 0 Å². The van der Waals surface area contributed by atoms with Crippen molar-refractivity contribution in [2.45, 2.75) is 13.2 Å². The van der Waals surface area contributed by atoms with E-state index in [9.17, 15) is 0 Å². The molecule has 0 spiro atoms. The predicted molar refractivity (Wildman–Crippen MR) is 57.3 cm³/mol. The monoisotopic (exact) mass is 214 g/mol. The third kappa shape index (κ3) is 2.67. The minimum atomic E-state index is -0.0163. The number of pyridine rings is 1. The molecule has 3 nitrogen and oxygen atoms in total. The fourth-order valence-electron chi connectivity index (χ4n) is 1.41. The lowest BCUT2D eigenvalue weighted by atomic mass is 10.1. The normalized spacial score (nSPS) is 26.6. The van der Waals surface area contributed by atoms with E-state index < -0.39 is 0 Å². The number of nitrogens with one attached hydrogen (secondary N) is 1. The van der Waals surface area contributed by atoms with Crippen LogP contribution in [0.5, 0.6) is 0 Å². The van der Waals surface area contributed by atoms with Crippen LogP contribution in [0.4, 0.5) is 0 Å². The van der Waals surface area contributed by atoms with Gasteiger partial charge in [-0.2, -0.15) is 0 Å². The van der Waals surface area contributed by atoms with Gasteiger partial charge in [-0.25, -0.2) is 0 Å². The quantitative estimate of drug-likeness (QED) is 0.774. The molecule has 0 aliphatic carbocycles. The molecular weight excluding hydrogens is 200 g/mol. The van der Waals surface area contributed by atoms with Crippen LogP contribution in [0.1, 0.15) is 18.8 Å². The van der Waals surface area contributed by atoms with Crippen LogP contribution < -0.4 is 5.32 Å². The Balaban J connectivity index is 0.000000980. The van der Waals surface area contributed by atoms with Crippen LogP contribution in [0.2, 0.25) is 0 Å². The smallest absolute Gasteiger partial charge is 0.151 e. The zero-order valence-corrected chi connectivity index (χ0v) is 8.96. The highest BCUT2D eigenvalue weighted by Gasteiger charge is 2.19.